The van der Waals surface area contributed by atoms with Crippen LogP contribution in [0.1, 0.15) is 43.4 Å². The van der Waals surface area contributed by atoms with Crippen molar-refractivity contribution in [3.8, 4) is 11.5 Å². The number of Topliss-reactive ketones (excluding diaryl/α,β-unsaturated/α-hetero) is 1. The maximum absolute atomic E-state index is 13.4. The lowest BCUT2D eigenvalue weighted by Gasteiger charge is -2.26. The van der Waals surface area contributed by atoms with E-state index < -0.39 is 17.7 Å². The molecule has 2 heterocycles. The molecule has 1 amide bonds. The number of anilines is 2. The van der Waals surface area contributed by atoms with Crippen LogP contribution < -0.4 is 14.5 Å². The topological polar surface area (TPSA) is 90.3 Å². The van der Waals surface area contributed by atoms with E-state index in [1.54, 1.807) is 36.4 Å². The lowest BCUT2D eigenvalue weighted by atomic mass is 9.95. The summed E-state index contributed by atoms with van der Waals surface area (Å²) >= 11 is 0. The number of carbonyl (C=O) groups is 2. The third kappa shape index (κ3) is 4.77. The van der Waals surface area contributed by atoms with Gasteiger partial charge in [0.2, 0.25) is 0 Å². The SMILES string of the molecule is CCCOc1cccc(/C(O)=C2\C(=O)C(=O)N(c3ccc(N4CCCC4)cc3)C2c2ccc(O)cc2)c1. The van der Waals surface area contributed by atoms with E-state index in [4.69, 9.17) is 4.74 Å². The number of aliphatic hydroxyl groups excluding tert-OH is 1. The zero-order chi connectivity index (χ0) is 25.9. The van der Waals surface area contributed by atoms with Crippen molar-refractivity contribution in [3.63, 3.8) is 0 Å². The summed E-state index contributed by atoms with van der Waals surface area (Å²) in [5.74, 6) is -1.11. The molecule has 1 atom stereocenters. The Morgan fingerprint density at radius 1 is 0.946 bits per heavy atom. The van der Waals surface area contributed by atoms with Crippen molar-refractivity contribution >= 4 is 28.8 Å². The lowest BCUT2D eigenvalue weighted by Crippen LogP contribution is -2.29. The van der Waals surface area contributed by atoms with E-state index in [1.165, 1.54) is 17.0 Å². The second kappa shape index (κ2) is 10.4. The van der Waals surface area contributed by atoms with Crippen LogP contribution in [0.4, 0.5) is 11.4 Å². The minimum Gasteiger partial charge on any atom is -0.508 e. The number of rotatable bonds is 7. The van der Waals surface area contributed by atoms with Crippen molar-refractivity contribution in [2.24, 2.45) is 0 Å². The number of aliphatic hydroxyl groups is 1. The molecular weight excluding hydrogens is 468 g/mol. The molecule has 2 aliphatic rings. The normalized spacial score (nSPS) is 19.0. The summed E-state index contributed by atoms with van der Waals surface area (Å²) in [7, 11) is 0. The Kier molecular flexibility index (Phi) is 6.86. The average Bonchev–Trinajstić information content (AvgIpc) is 3.55. The van der Waals surface area contributed by atoms with E-state index in [2.05, 4.69) is 4.90 Å². The van der Waals surface area contributed by atoms with Gasteiger partial charge >= 0.3 is 0 Å². The molecule has 7 nitrogen and oxygen atoms in total. The number of hydrogen-bond acceptors (Lipinski definition) is 6. The molecule has 0 bridgehead atoms. The predicted molar refractivity (Wildman–Crippen MR) is 143 cm³/mol. The Balaban J connectivity index is 1.59. The van der Waals surface area contributed by atoms with Gasteiger partial charge < -0.3 is 19.8 Å². The third-order valence-corrected chi connectivity index (χ3v) is 6.83. The summed E-state index contributed by atoms with van der Waals surface area (Å²) in [4.78, 5) is 30.5. The van der Waals surface area contributed by atoms with Crippen LogP contribution in [0.5, 0.6) is 11.5 Å². The Morgan fingerprint density at radius 3 is 2.30 bits per heavy atom. The molecule has 2 aliphatic heterocycles. The first kappa shape index (κ1) is 24.4. The van der Waals surface area contributed by atoms with Gasteiger partial charge in [-0.25, -0.2) is 0 Å². The Hall–Kier alpha value is -4.26. The summed E-state index contributed by atoms with van der Waals surface area (Å²) in [5, 5.41) is 21.2. The number of ether oxygens (including phenoxy) is 1. The number of phenolic OH excluding ortho intramolecular Hbond substituents is 1. The van der Waals surface area contributed by atoms with E-state index in [0.717, 1.165) is 38.0 Å². The molecule has 3 aromatic carbocycles. The Labute approximate surface area is 216 Å². The molecule has 37 heavy (non-hydrogen) atoms. The molecule has 5 rings (SSSR count). The van der Waals surface area contributed by atoms with Crippen LogP contribution >= 0.6 is 0 Å². The van der Waals surface area contributed by atoms with Crippen LogP contribution in [0.2, 0.25) is 0 Å². The fourth-order valence-electron chi connectivity index (χ4n) is 4.98. The van der Waals surface area contributed by atoms with E-state index in [9.17, 15) is 19.8 Å². The molecule has 0 aliphatic carbocycles. The maximum atomic E-state index is 13.4. The van der Waals surface area contributed by atoms with Crippen molar-refractivity contribution in [1.29, 1.82) is 0 Å². The van der Waals surface area contributed by atoms with Crippen LogP contribution in [0.25, 0.3) is 5.76 Å². The molecule has 0 aromatic heterocycles. The van der Waals surface area contributed by atoms with Gasteiger partial charge in [-0.15, -0.1) is 0 Å². The first-order valence-electron chi connectivity index (χ1n) is 12.7. The second-order valence-corrected chi connectivity index (χ2v) is 9.35. The number of aromatic hydroxyl groups is 1. The molecule has 1 unspecified atom stereocenters. The first-order chi connectivity index (χ1) is 18.0. The number of hydrogen-bond donors (Lipinski definition) is 2. The average molecular weight is 499 g/mol. The molecule has 0 saturated carbocycles. The molecule has 3 aromatic rings. The molecule has 2 fully saturated rings. The molecular formula is C30H30N2O5. The highest BCUT2D eigenvalue weighted by Gasteiger charge is 2.47. The second-order valence-electron chi connectivity index (χ2n) is 9.35. The van der Waals surface area contributed by atoms with Gasteiger partial charge in [0.05, 0.1) is 18.2 Å². The van der Waals surface area contributed by atoms with Gasteiger partial charge in [-0.3, -0.25) is 14.5 Å². The zero-order valence-corrected chi connectivity index (χ0v) is 20.8. The van der Waals surface area contributed by atoms with Crippen LogP contribution in [0.3, 0.4) is 0 Å². The Morgan fingerprint density at radius 2 is 1.62 bits per heavy atom. The van der Waals surface area contributed by atoms with E-state index in [-0.39, 0.29) is 17.1 Å². The van der Waals surface area contributed by atoms with Crippen LogP contribution in [0, 0.1) is 0 Å². The predicted octanol–water partition coefficient (Wildman–Crippen LogP) is 5.41. The van der Waals surface area contributed by atoms with Crippen molar-refractivity contribution in [2.75, 3.05) is 29.5 Å². The van der Waals surface area contributed by atoms with Gasteiger partial charge in [0.1, 0.15) is 17.3 Å². The summed E-state index contributed by atoms with van der Waals surface area (Å²) < 4.78 is 5.70. The first-order valence-corrected chi connectivity index (χ1v) is 12.7. The standard InChI is InChI=1S/C30H30N2O5/c1-2-18-37-25-7-5-6-21(19-25)28(34)26-27(20-8-14-24(33)15-9-20)32(30(36)29(26)35)23-12-10-22(11-13-23)31-16-3-4-17-31/h5-15,19,27,33-34H,2-4,16-18H2,1H3/b28-26+. The fourth-order valence-corrected chi connectivity index (χ4v) is 4.98. The highest BCUT2D eigenvalue weighted by atomic mass is 16.5. The quantitative estimate of drug-likeness (QED) is 0.257. The largest absolute Gasteiger partial charge is 0.508 e. The van der Waals surface area contributed by atoms with Gasteiger partial charge in [0.15, 0.2) is 0 Å². The van der Waals surface area contributed by atoms with E-state index >= 15 is 0 Å². The number of ketones is 1. The van der Waals surface area contributed by atoms with Crippen molar-refractivity contribution in [1.82, 2.24) is 0 Å². The summed E-state index contributed by atoms with van der Waals surface area (Å²) in [5.41, 5.74) is 2.61. The molecule has 7 heteroatoms. The summed E-state index contributed by atoms with van der Waals surface area (Å²) in [6.07, 6.45) is 3.14. The number of carbonyl (C=O) groups excluding carboxylic acids is 2. The summed E-state index contributed by atoms with van der Waals surface area (Å²) in [6.45, 7) is 4.52. The summed E-state index contributed by atoms with van der Waals surface area (Å²) in [6, 6.07) is 19.9. The van der Waals surface area contributed by atoms with Gasteiger partial charge in [0.25, 0.3) is 11.7 Å². The van der Waals surface area contributed by atoms with Crippen LogP contribution in [-0.2, 0) is 9.59 Å². The maximum Gasteiger partial charge on any atom is 0.300 e. The van der Waals surface area contributed by atoms with Gasteiger partial charge in [-0.1, -0.05) is 31.2 Å². The van der Waals surface area contributed by atoms with E-state index in [1.807, 2.05) is 31.2 Å². The third-order valence-electron chi connectivity index (χ3n) is 6.83. The minimum atomic E-state index is -0.863. The van der Waals surface area contributed by atoms with Crippen molar-refractivity contribution in [2.45, 2.75) is 32.2 Å². The van der Waals surface area contributed by atoms with Crippen molar-refractivity contribution < 1.29 is 24.5 Å². The highest BCUT2D eigenvalue weighted by molar-refractivity contribution is 6.51. The van der Waals surface area contributed by atoms with E-state index in [0.29, 0.717) is 29.2 Å². The van der Waals surface area contributed by atoms with Gasteiger partial charge in [-0.05, 0) is 73.4 Å². The Bertz CT molecular complexity index is 1320. The molecule has 2 saturated heterocycles. The molecule has 0 radical (unpaired) electrons. The highest BCUT2D eigenvalue weighted by Crippen LogP contribution is 2.43. The molecule has 2 N–H and O–H groups in total. The minimum absolute atomic E-state index is 0.00745. The molecule has 190 valence electrons. The number of benzene rings is 3. The van der Waals surface area contributed by atoms with Crippen LogP contribution in [-0.4, -0.2) is 41.6 Å². The number of phenols is 1. The number of nitrogens with zero attached hydrogens (tertiary/aromatic N) is 2. The lowest BCUT2D eigenvalue weighted by molar-refractivity contribution is -0.132. The van der Waals surface area contributed by atoms with Crippen molar-refractivity contribution in [3.05, 3.63) is 89.5 Å². The fraction of sp³-hybridized carbons (Fsp3) is 0.267. The monoisotopic (exact) mass is 498 g/mol. The smallest absolute Gasteiger partial charge is 0.300 e. The van der Waals surface area contributed by atoms with Crippen LogP contribution in [0.15, 0.2) is 78.4 Å². The van der Waals surface area contributed by atoms with Gasteiger partial charge in [-0.2, -0.15) is 0 Å². The van der Waals surface area contributed by atoms with Gasteiger partial charge in [0, 0.05) is 30.0 Å². The number of amides is 1. The zero-order valence-electron chi connectivity index (χ0n) is 20.8. The molecule has 0 spiro atoms.